The predicted octanol–water partition coefficient (Wildman–Crippen LogP) is 14.1. The number of hydrogen-bond acceptors (Lipinski definition) is 1. The van der Waals surface area contributed by atoms with Crippen molar-refractivity contribution >= 4 is 38.6 Å². The fourth-order valence-electron chi connectivity index (χ4n) is 7.60. The van der Waals surface area contributed by atoms with E-state index in [2.05, 4.69) is 217 Å². The van der Waals surface area contributed by atoms with Gasteiger partial charge in [-0.25, -0.2) is 0 Å². The number of para-hydroxylation sites is 2. The average molecular weight is 650 g/mol. The molecule has 0 aliphatic rings. The van der Waals surface area contributed by atoms with Gasteiger partial charge in [0.25, 0.3) is 0 Å². The minimum Gasteiger partial charge on any atom is -0.309 e. The highest BCUT2D eigenvalue weighted by Crippen LogP contribution is 2.49. The molecular formula is C50H35N. The van der Waals surface area contributed by atoms with Crippen LogP contribution in [0.1, 0.15) is 0 Å². The van der Waals surface area contributed by atoms with Crippen LogP contribution >= 0.6 is 0 Å². The van der Waals surface area contributed by atoms with Crippen molar-refractivity contribution in [3.05, 3.63) is 212 Å². The monoisotopic (exact) mass is 649 g/mol. The molecule has 0 amide bonds. The molecule has 0 saturated heterocycles. The Morgan fingerprint density at radius 1 is 0.255 bits per heavy atom. The van der Waals surface area contributed by atoms with E-state index in [9.17, 15) is 0 Å². The van der Waals surface area contributed by atoms with E-state index in [1.807, 2.05) is 0 Å². The smallest absolute Gasteiger partial charge is 0.0618 e. The SMILES string of the molecule is c1ccc(-c2cccc(-c3ccccc3)c2N(c2ccccc2)c2ccc3c(-c4ccccc4)c(-c4ccccc4)c4ccccc4c3c2)cc1. The number of fused-ring (bicyclic) bond motifs is 3. The maximum absolute atomic E-state index is 2.45. The van der Waals surface area contributed by atoms with Gasteiger partial charge in [-0.2, -0.15) is 0 Å². The van der Waals surface area contributed by atoms with Gasteiger partial charge in [-0.1, -0.05) is 188 Å². The Labute approximate surface area is 299 Å². The molecule has 9 aromatic carbocycles. The number of benzene rings is 9. The number of rotatable bonds is 7. The van der Waals surface area contributed by atoms with Crippen molar-refractivity contribution in [3.8, 4) is 44.5 Å². The maximum Gasteiger partial charge on any atom is 0.0618 e. The second-order valence-electron chi connectivity index (χ2n) is 12.9. The van der Waals surface area contributed by atoms with Crippen molar-refractivity contribution in [1.29, 1.82) is 0 Å². The van der Waals surface area contributed by atoms with Gasteiger partial charge in [0.2, 0.25) is 0 Å². The lowest BCUT2D eigenvalue weighted by molar-refractivity contribution is 1.29. The van der Waals surface area contributed by atoms with Crippen LogP contribution in [0.5, 0.6) is 0 Å². The van der Waals surface area contributed by atoms with E-state index < -0.39 is 0 Å². The molecule has 0 aliphatic carbocycles. The lowest BCUT2D eigenvalue weighted by Crippen LogP contribution is -2.12. The molecule has 0 saturated carbocycles. The molecule has 51 heavy (non-hydrogen) atoms. The van der Waals surface area contributed by atoms with Crippen LogP contribution in [0.2, 0.25) is 0 Å². The van der Waals surface area contributed by atoms with Gasteiger partial charge >= 0.3 is 0 Å². The van der Waals surface area contributed by atoms with Crippen LogP contribution in [0.3, 0.4) is 0 Å². The summed E-state index contributed by atoms with van der Waals surface area (Å²) in [7, 11) is 0. The van der Waals surface area contributed by atoms with E-state index in [1.54, 1.807) is 0 Å². The molecule has 9 aromatic rings. The van der Waals surface area contributed by atoms with Crippen molar-refractivity contribution in [2.24, 2.45) is 0 Å². The fourth-order valence-corrected chi connectivity index (χ4v) is 7.60. The third kappa shape index (κ3) is 5.56. The molecule has 0 N–H and O–H groups in total. The first-order valence-corrected chi connectivity index (χ1v) is 17.5. The molecule has 9 rings (SSSR count). The van der Waals surface area contributed by atoms with Crippen molar-refractivity contribution in [3.63, 3.8) is 0 Å². The zero-order valence-electron chi connectivity index (χ0n) is 28.2. The highest BCUT2D eigenvalue weighted by molar-refractivity contribution is 6.22. The van der Waals surface area contributed by atoms with Crippen molar-refractivity contribution in [2.75, 3.05) is 4.90 Å². The zero-order chi connectivity index (χ0) is 34.0. The van der Waals surface area contributed by atoms with Gasteiger partial charge < -0.3 is 4.90 Å². The highest BCUT2D eigenvalue weighted by atomic mass is 15.1. The summed E-state index contributed by atoms with van der Waals surface area (Å²) in [4.78, 5) is 2.45. The van der Waals surface area contributed by atoms with Gasteiger partial charge in [-0.3, -0.25) is 0 Å². The molecule has 0 spiro atoms. The molecule has 0 fully saturated rings. The van der Waals surface area contributed by atoms with Gasteiger partial charge in [0.15, 0.2) is 0 Å². The van der Waals surface area contributed by atoms with Gasteiger partial charge in [0.05, 0.1) is 5.69 Å². The van der Waals surface area contributed by atoms with Gasteiger partial charge in [0.1, 0.15) is 0 Å². The van der Waals surface area contributed by atoms with E-state index >= 15 is 0 Å². The summed E-state index contributed by atoms with van der Waals surface area (Å²) in [6, 6.07) is 76.6. The molecular weight excluding hydrogens is 615 g/mol. The zero-order valence-corrected chi connectivity index (χ0v) is 28.2. The second kappa shape index (κ2) is 13.3. The molecule has 0 heterocycles. The summed E-state index contributed by atoms with van der Waals surface area (Å²) < 4.78 is 0. The van der Waals surface area contributed by atoms with Crippen LogP contribution < -0.4 is 4.90 Å². The fraction of sp³-hybridized carbons (Fsp3) is 0. The van der Waals surface area contributed by atoms with Crippen LogP contribution in [0.25, 0.3) is 66.1 Å². The Morgan fingerprint density at radius 2 is 0.667 bits per heavy atom. The largest absolute Gasteiger partial charge is 0.309 e. The lowest BCUT2D eigenvalue weighted by Gasteiger charge is -2.31. The maximum atomic E-state index is 2.45. The molecule has 0 radical (unpaired) electrons. The highest BCUT2D eigenvalue weighted by Gasteiger charge is 2.24. The Morgan fingerprint density at radius 3 is 1.18 bits per heavy atom. The summed E-state index contributed by atoms with van der Waals surface area (Å²) >= 11 is 0. The molecule has 1 heteroatoms. The molecule has 0 unspecified atom stereocenters. The van der Waals surface area contributed by atoms with E-state index in [0.29, 0.717) is 0 Å². The summed E-state index contributed by atoms with van der Waals surface area (Å²) in [5.74, 6) is 0. The normalized spacial score (nSPS) is 11.1. The van der Waals surface area contributed by atoms with Gasteiger partial charge in [-0.15, -0.1) is 0 Å². The Kier molecular flexibility index (Phi) is 7.92. The van der Waals surface area contributed by atoms with Crippen LogP contribution in [-0.4, -0.2) is 0 Å². The van der Waals surface area contributed by atoms with E-state index in [4.69, 9.17) is 0 Å². The van der Waals surface area contributed by atoms with Crippen molar-refractivity contribution < 1.29 is 0 Å². The quantitative estimate of drug-likeness (QED) is 0.155. The van der Waals surface area contributed by atoms with Crippen LogP contribution in [0.15, 0.2) is 212 Å². The summed E-state index contributed by atoms with van der Waals surface area (Å²) in [6.07, 6.45) is 0. The number of anilines is 3. The van der Waals surface area contributed by atoms with Crippen molar-refractivity contribution in [1.82, 2.24) is 0 Å². The molecule has 0 aromatic heterocycles. The third-order valence-electron chi connectivity index (χ3n) is 9.84. The minimum absolute atomic E-state index is 1.10. The summed E-state index contributed by atoms with van der Waals surface area (Å²) in [5, 5.41) is 4.94. The standard InChI is InChI=1S/C50H35N/c1-6-19-36(20-7-1)42-31-18-32-43(37-21-8-2-9-22-37)50(42)51(40-27-14-5-15-28-40)41-33-34-46-47(35-41)44-29-16-17-30-45(44)48(38-23-10-3-11-24-38)49(46)39-25-12-4-13-26-39/h1-35H. The first-order valence-electron chi connectivity index (χ1n) is 17.5. The van der Waals surface area contributed by atoms with Crippen LogP contribution in [0.4, 0.5) is 17.1 Å². The topological polar surface area (TPSA) is 3.24 Å². The van der Waals surface area contributed by atoms with Crippen molar-refractivity contribution in [2.45, 2.75) is 0 Å². The van der Waals surface area contributed by atoms with Gasteiger partial charge in [0, 0.05) is 22.5 Å². The van der Waals surface area contributed by atoms with E-state index in [1.165, 1.54) is 66.1 Å². The van der Waals surface area contributed by atoms with Crippen LogP contribution in [0, 0.1) is 0 Å². The van der Waals surface area contributed by atoms with E-state index in [0.717, 1.165) is 17.1 Å². The first-order chi connectivity index (χ1) is 25.3. The number of hydrogen-bond donors (Lipinski definition) is 0. The summed E-state index contributed by atoms with van der Waals surface area (Å²) in [6.45, 7) is 0. The molecule has 1 nitrogen and oxygen atoms in total. The average Bonchev–Trinajstić information content (AvgIpc) is 3.22. The Balaban J connectivity index is 1.39. The van der Waals surface area contributed by atoms with Gasteiger partial charge in [-0.05, 0) is 79.2 Å². The second-order valence-corrected chi connectivity index (χ2v) is 12.9. The van der Waals surface area contributed by atoms with E-state index in [-0.39, 0.29) is 0 Å². The lowest BCUT2D eigenvalue weighted by atomic mass is 9.85. The third-order valence-corrected chi connectivity index (χ3v) is 9.84. The predicted molar refractivity (Wildman–Crippen MR) is 218 cm³/mol. The first kappa shape index (κ1) is 30.4. The minimum atomic E-state index is 1.10. The Bertz CT molecular complexity index is 2540. The molecule has 0 aliphatic heterocycles. The molecule has 0 atom stereocenters. The molecule has 0 bridgehead atoms. The summed E-state index contributed by atoms with van der Waals surface area (Å²) in [5.41, 5.74) is 13.0. The van der Waals surface area contributed by atoms with Crippen LogP contribution in [-0.2, 0) is 0 Å². The molecule has 240 valence electrons. The Hall–Kier alpha value is -6.70. The number of nitrogens with zero attached hydrogens (tertiary/aromatic N) is 1.